The number of hydrogen-bond acceptors (Lipinski definition) is 5. The molecule has 2 heterocycles. The molecule has 3 rings (SSSR count). The minimum atomic E-state index is -0.653. The van der Waals surface area contributed by atoms with Crippen LogP contribution in [-0.4, -0.2) is 47.8 Å². The first kappa shape index (κ1) is 21.7. The van der Waals surface area contributed by atoms with E-state index >= 15 is 0 Å². The maximum Gasteiger partial charge on any atom is 0.248 e. The van der Waals surface area contributed by atoms with Gasteiger partial charge in [0.25, 0.3) is 0 Å². The van der Waals surface area contributed by atoms with Crippen LogP contribution in [0.1, 0.15) is 19.8 Å². The zero-order chi connectivity index (χ0) is 19.1. The molecule has 3 N–H and O–H groups in total. The Kier molecular flexibility index (Phi) is 7.83. The van der Waals surface area contributed by atoms with Crippen LogP contribution >= 0.6 is 12.4 Å². The van der Waals surface area contributed by atoms with Gasteiger partial charge in [-0.15, -0.1) is 12.4 Å². The molecule has 2 aromatic rings. The zero-order valence-corrected chi connectivity index (χ0v) is 16.6. The highest BCUT2D eigenvalue weighted by Crippen LogP contribution is 2.27. The van der Waals surface area contributed by atoms with E-state index in [0.29, 0.717) is 37.4 Å². The molecule has 0 spiro atoms. The van der Waals surface area contributed by atoms with Gasteiger partial charge in [-0.25, -0.2) is 0 Å². The first-order chi connectivity index (χ1) is 13.1. The number of carbonyl (C=O) groups excluding carboxylic acids is 2. The van der Waals surface area contributed by atoms with E-state index in [-0.39, 0.29) is 24.2 Å². The zero-order valence-electron chi connectivity index (χ0n) is 15.8. The fourth-order valence-corrected chi connectivity index (χ4v) is 3.29. The summed E-state index contributed by atoms with van der Waals surface area (Å²) in [5, 5.41) is 13.3. The number of rotatable bonds is 7. The summed E-state index contributed by atoms with van der Waals surface area (Å²) < 4.78 is 7.45. The van der Waals surface area contributed by atoms with E-state index in [0.717, 1.165) is 13.1 Å². The van der Waals surface area contributed by atoms with Crippen molar-refractivity contribution in [1.82, 2.24) is 20.4 Å². The van der Waals surface area contributed by atoms with E-state index in [1.54, 1.807) is 29.1 Å². The Bertz CT molecular complexity index is 776. The lowest BCUT2D eigenvalue weighted by atomic mass is 9.87. The van der Waals surface area contributed by atoms with E-state index in [1.165, 1.54) is 6.92 Å². The molecule has 1 aliphatic rings. The predicted molar refractivity (Wildman–Crippen MR) is 109 cm³/mol. The van der Waals surface area contributed by atoms with Crippen LogP contribution in [0.4, 0.5) is 5.69 Å². The summed E-state index contributed by atoms with van der Waals surface area (Å²) in [6, 6.07) is 9.00. The van der Waals surface area contributed by atoms with Gasteiger partial charge < -0.3 is 20.7 Å². The number of hydrogen-bond donors (Lipinski definition) is 3. The number of piperidine rings is 1. The molecule has 0 atom stereocenters. The number of nitrogens with zero attached hydrogens (tertiary/aromatic N) is 2. The summed E-state index contributed by atoms with van der Waals surface area (Å²) in [5.41, 5.74) is 0.0245. The van der Waals surface area contributed by atoms with Crippen molar-refractivity contribution in [3.05, 3.63) is 42.7 Å². The molecule has 1 aliphatic heterocycles. The van der Waals surface area contributed by atoms with E-state index in [2.05, 4.69) is 21.0 Å². The van der Waals surface area contributed by atoms with Gasteiger partial charge in [0.05, 0.1) is 6.54 Å². The number of aromatic nitrogens is 2. The molecule has 152 valence electrons. The van der Waals surface area contributed by atoms with Gasteiger partial charge in [0.1, 0.15) is 17.9 Å². The molecule has 28 heavy (non-hydrogen) atoms. The first-order valence-corrected chi connectivity index (χ1v) is 9.10. The first-order valence-electron chi connectivity index (χ1n) is 9.10. The number of carbonyl (C=O) groups is 2. The highest BCUT2D eigenvalue weighted by atomic mass is 35.5. The second-order valence-corrected chi connectivity index (χ2v) is 6.55. The highest BCUT2D eigenvalue weighted by Gasteiger charge is 2.41. The molecule has 1 aromatic heterocycles. The molecule has 8 nitrogen and oxygen atoms in total. The number of ether oxygens (including phenoxy) is 1. The van der Waals surface area contributed by atoms with Crippen LogP contribution in [0, 0.1) is 0 Å². The normalized spacial score (nSPS) is 15.2. The van der Waals surface area contributed by atoms with Gasteiger partial charge in [-0.2, -0.15) is 5.10 Å². The molecule has 0 bridgehead atoms. The quantitative estimate of drug-likeness (QED) is 0.605. The monoisotopic (exact) mass is 407 g/mol. The average molecular weight is 408 g/mol. The van der Waals surface area contributed by atoms with Gasteiger partial charge in [-0.05, 0) is 44.1 Å². The molecule has 1 fully saturated rings. The lowest BCUT2D eigenvalue weighted by Gasteiger charge is -2.36. The van der Waals surface area contributed by atoms with Gasteiger partial charge in [-0.1, -0.05) is 6.07 Å². The third kappa shape index (κ3) is 5.24. The molecule has 0 saturated carbocycles. The van der Waals surface area contributed by atoms with Gasteiger partial charge in [0.2, 0.25) is 11.8 Å². The fraction of sp³-hybridized carbons (Fsp3) is 0.421. The Labute approximate surface area is 170 Å². The standard InChI is InChI=1S/C19H25N5O3.ClH/c1-15(25)23-16-4-2-5-17(14-16)27-13-11-21-18(26)19(6-9-20-10-7-19)24-12-3-8-22-24;/h2-5,8,12,14,20H,6-7,9-11,13H2,1H3,(H,21,26)(H,23,25);1H. The third-order valence-corrected chi connectivity index (χ3v) is 4.61. The summed E-state index contributed by atoms with van der Waals surface area (Å²) in [4.78, 5) is 24.0. The molecule has 0 unspecified atom stereocenters. The van der Waals surface area contributed by atoms with Crippen molar-refractivity contribution in [3.8, 4) is 5.75 Å². The minimum absolute atomic E-state index is 0. The number of halogens is 1. The second kappa shape index (κ2) is 10.1. The van der Waals surface area contributed by atoms with Gasteiger partial charge in [0, 0.05) is 31.1 Å². The second-order valence-electron chi connectivity index (χ2n) is 6.55. The van der Waals surface area contributed by atoms with Crippen molar-refractivity contribution >= 4 is 29.9 Å². The summed E-state index contributed by atoms with van der Waals surface area (Å²) in [7, 11) is 0. The van der Waals surface area contributed by atoms with Gasteiger partial charge in [0.15, 0.2) is 0 Å². The lowest BCUT2D eigenvalue weighted by Crippen LogP contribution is -2.55. The van der Waals surface area contributed by atoms with Crippen LogP contribution in [0.5, 0.6) is 5.75 Å². The number of nitrogens with one attached hydrogen (secondary N) is 3. The molecule has 9 heteroatoms. The van der Waals surface area contributed by atoms with Crippen molar-refractivity contribution in [2.24, 2.45) is 0 Å². The Morgan fingerprint density at radius 3 is 2.75 bits per heavy atom. The highest BCUT2D eigenvalue weighted by molar-refractivity contribution is 5.88. The van der Waals surface area contributed by atoms with Crippen molar-refractivity contribution < 1.29 is 14.3 Å². The Morgan fingerprint density at radius 2 is 2.07 bits per heavy atom. The van der Waals surface area contributed by atoms with Crippen molar-refractivity contribution in [1.29, 1.82) is 0 Å². The number of anilines is 1. The van der Waals surface area contributed by atoms with Crippen molar-refractivity contribution in [2.45, 2.75) is 25.3 Å². The Morgan fingerprint density at radius 1 is 1.29 bits per heavy atom. The fourth-order valence-electron chi connectivity index (χ4n) is 3.29. The van der Waals surface area contributed by atoms with Crippen LogP contribution in [0.3, 0.4) is 0 Å². The molecule has 0 radical (unpaired) electrons. The Balaban J connectivity index is 0.00000280. The van der Waals surface area contributed by atoms with E-state index < -0.39 is 5.54 Å². The van der Waals surface area contributed by atoms with Crippen LogP contribution in [-0.2, 0) is 15.1 Å². The third-order valence-electron chi connectivity index (χ3n) is 4.61. The Hall–Kier alpha value is -2.58. The van der Waals surface area contributed by atoms with E-state index in [1.807, 2.05) is 18.3 Å². The van der Waals surface area contributed by atoms with Crippen molar-refractivity contribution in [2.75, 3.05) is 31.6 Å². The molecular formula is C19H26ClN5O3. The SMILES string of the molecule is CC(=O)Nc1cccc(OCCNC(=O)C2(n3cccn3)CCNCC2)c1.Cl. The molecule has 1 saturated heterocycles. The van der Waals surface area contributed by atoms with Crippen LogP contribution in [0.2, 0.25) is 0 Å². The van der Waals surface area contributed by atoms with E-state index in [4.69, 9.17) is 4.74 Å². The van der Waals surface area contributed by atoms with E-state index in [9.17, 15) is 9.59 Å². The minimum Gasteiger partial charge on any atom is -0.492 e. The molecule has 1 aromatic carbocycles. The number of amides is 2. The number of benzene rings is 1. The largest absolute Gasteiger partial charge is 0.492 e. The van der Waals surface area contributed by atoms with Gasteiger partial charge in [-0.3, -0.25) is 14.3 Å². The molecule has 0 aliphatic carbocycles. The summed E-state index contributed by atoms with van der Waals surface area (Å²) >= 11 is 0. The van der Waals surface area contributed by atoms with Crippen molar-refractivity contribution in [3.63, 3.8) is 0 Å². The smallest absolute Gasteiger partial charge is 0.248 e. The summed E-state index contributed by atoms with van der Waals surface area (Å²) in [6.07, 6.45) is 4.93. The van der Waals surface area contributed by atoms with Crippen LogP contribution in [0.15, 0.2) is 42.7 Å². The molecular weight excluding hydrogens is 382 g/mol. The topological polar surface area (TPSA) is 97.3 Å². The lowest BCUT2D eigenvalue weighted by molar-refractivity contribution is -0.132. The average Bonchev–Trinajstić information content (AvgIpc) is 3.21. The maximum absolute atomic E-state index is 12.9. The molecule has 2 amide bonds. The summed E-state index contributed by atoms with van der Waals surface area (Å²) in [5.74, 6) is 0.466. The summed E-state index contributed by atoms with van der Waals surface area (Å²) in [6.45, 7) is 3.74. The predicted octanol–water partition coefficient (Wildman–Crippen LogP) is 1.54. The van der Waals surface area contributed by atoms with Crippen LogP contribution in [0.25, 0.3) is 0 Å². The van der Waals surface area contributed by atoms with Crippen LogP contribution < -0.4 is 20.7 Å². The van der Waals surface area contributed by atoms with Gasteiger partial charge >= 0.3 is 0 Å². The maximum atomic E-state index is 12.9.